The van der Waals surface area contributed by atoms with Crippen molar-refractivity contribution in [2.24, 2.45) is 0 Å². The van der Waals surface area contributed by atoms with Gasteiger partial charge in [-0.25, -0.2) is 0 Å². The third-order valence-electron chi connectivity index (χ3n) is 5.10. The molecular weight excluding hydrogens is 310 g/mol. The number of rotatable bonds is 0. The molecule has 6 nitrogen and oxygen atoms in total. The Morgan fingerprint density at radius 1 is 1.00 bits per heavy atom. The number of fused-ring (bicyclic) bond motifs is 4. The molecule has 6 rings (SSSR count). The van der Waals surface area contributed by atoms with E-state index in [0.717, 1.165) is 39.4 Å². The van der Waals surface area contributed by atoms with Crippen molar-refractivity contribution in [1.82, 2.24) is 0 Å². The van der Waals surface area contributed by atoms with Crippen molar-refractivity contribution < 1.29 is 23.7 Å². The van der Waals surface area contributed by atoms with Crippen molar-refractivity contribution in [2.75, 3.05) is 24.9 Å². The molecule has 1 saturated heterocycles. The standard InChI is InChI=1S/C18H13NO5/c20-17-18(23-4-5-24-18)13-3-1-2-11-12-7-15-14(21-9-22-15)6-10(12)8-19(17)16(11)13/h1-3,6-7H,4-5,8-9H2. The van der Waals surface area contributed by atoms with Crippen LogP contribution in [0.5, 0.6) is 11.5 Å². The molecule has 120 valence electrons. The molecule has 0 saturated carbocycles. The lowest BCUT2D eigenvalue weighted by molar-refractivity contribution is -0.180. The maximum absolute atomic E-state index is 13.1. The Morgan fingerprint density at radius 2 is 1.79 bits per heavy atom. The van der Waals surface area contributed by atoms with Crippen molar-refractivity contribution in [2.45, 2.75) is 12.3 Å². The SMILES string of the molecule is O=C1N2Cc3cc4c(cc3-c3cccc(c32)C12OCCO2)OCO4. The van der Waals surface area contributed by atoms with Gasteiger partial charge in [0.1, 0.15) is 0 Å². The number of para-hydroxylation sites is 1. The first kappa shape index (κ1) is 12.8. The minimum Gasteiger partial charge on any atom is -0.454 e. The minimum atomic E-state index is -1.27. The summed E-state index contributed by atoms with van der Waals surface area (Å²) in [5, 5.41) is 0. The molecular formula is C18H13NO5. The fourth-order valence-electron chi connectivity index (χ4n) is 4.09. The normalized spacial score (nSPS) is 21.3. The monoisotopic (exact) mass is 323 g/mol. The van der Waals surface area contributed by atoms with Crippen molar-refractivity contribution in [3.8, 4) is 22.6 Å². The van der Waals surface area contributed by atoms with Gasteiger partial charge in [0, 0.05) is 11.1 Å². The van der Waals surface area contributed by atoms with Gasteiger partial charge in [-0.3, -0.25) is 4.79 Å². The molecule has 2 aromatic rings. The number of hydrogen-bond donors (Lipinski definition) is 0. The largest absolute Gasteiger partial charge is 0.454 e. The molecule has 24 heavy (non-hydrogen) atoms. The average molecular weight is 323 g/mol. The van der Waals surface area contributed by atoms with E-state index in [1.54, 1.807) is 4.90 Å². The van der Waals surface area contributed by atoms with Crippen molar-refractivity contribution in [3.63, 3.8) is 0 Å². The Bertz CT molecular complexity index is 916. The quantitative estimate of drug-likeness (QED) is 0.743. The lowest BCUT2D eigenvalue weighted by Gasteiger charge is -2.27. The van der Waals surface area contributed by atoms with E-state index >= 15 is 0 Å². The zero-order valence-electron chi connectivity index (χ0n) is 12.7. The van der Waals surface area contributed by atoms with E-state index in [4.69, 9.17) is 18.9 Å². The summed E-state index contributed by atoms with van der Waals surface area (Å²) in [6, 6.07) is 9.84. The fraction of sp³-hybridized carbons (Fsp3) is 0.278. The molecule has 0 unspecified atom stereocenters. The number of amides is 1. The van der Waals surface area contributed by atoms with E-state index in [0.29, 0.717) is 19.8 Å². The number of anilines is 1. The van der Waals surface area contributed by atoms with Crippen LogP contribution in [0.3, 0.4) is 0 Å². The van der Waals surface area contributed by atoms with E-state index in [-0.39, 0.29) is 12.7 Å². The van der Waals surface area contributed by atoms with Crippen LogP contribution in [-0.4, -0.2) is 25.9 Å². The summed E-state index contributed by atoms with van der Waals surface area (Å²) in [6.07, 6.45) is 0. The average Bonchev–Trinajstić information content (AvgIpc) is 3.31. The second-order valence-corrected chi connectivity index (χ2v) is 6.27. The molecule has 0 bridgehead atoms. The van der Waals surface area contributed by atoms with Crippen LogP contribution in [0, 0.1) is 0 Å². The topological polar surface area (TPSA) is 57.2 Å². The third kappa shape index (κ3) is 1.33. The van der Waals surface area contributed by atoms with Gasteiger partial charge in [0.15, 0.2) is 11.5 Å². The van der Waals surface area contributed by atoms with Crippen LogP contribution in [0.1, 0.15) is 11.1 Å². The van der Waals surface area contributed by atoms with Gasteiger partial charge in [-0.05, 0) is 23.3 Å². The minimum absolute atomic E-state index is 0.147. The second kappa shape index (κ2) is 4.09. The molecule has 1 spiro atoms. The van der Waals surface area contributed by atoms with E-state index in [1.807, 2.05) is 30.3 Å². The summed E-state index contributed by atoms with van der Waals surface area (Å²) in [4.78, 5) is 14.8. The Kier molecular flexibility index (Phi) is 2.18. The summed E-state index contributed by atoms with van der Waals surface area (Å²) in [5.41, 5.74) is 4.78. The smallest absolute Gasteiger partial charge is 0.292 e. The van der Waals surface area contributed by atoms with Crippen LogP contribution >= 0.6 is 0 Å². The highest BCUT2D eigenvalue weighted by Gasteiger charge is 2.57. The van der Waals surface area contributed by atoms with Crippen molar-refractivity contribution in [3.05, 3.63) is 41.5 Å². The van der Waals surface area contributed by atoms with Crippen LogP contribution in [0.4, 0.5) is 5.69 Å². The summed E-state index contributed by atoms with van der Waals surface area (Å²) in [5.74, 6) is 0.0457. The van der Waals surface area contributed by atoms with Crippen LogP contribution in [0.25, 0.3) is 11.1 Å². The number of carbonyl (C=O) groups is 1. The maximum atomic E-state index is 13.1. The highest BCUT2D eigenvalue weighted by Crippen LogP contribution is 2.54. The number of hydrogen-bond acceptors (Lipinski definition) is 5. The van der Waals surface area contributed by atoms with E-state index < -0.39 is 5.79 Å². The first-order valence-corrected chi connectivity index (χ1v) is 7.94. The lowest BCUT2D eigenvalue weighted by Crippen LogP contribution is -2.41. The van der Waals surface area contributed by atoms with Crippen LogP contribution in [0.2, 0.25) is 0 Å². The van der Waals surface area contributed by atoms with Gasteiger partial charge in [-0.2, -0.15) is 0 Å². The summed E-state index contributed by atoms with van der Waals surface area (Å²) in [6.45, 7) is 1.56. The second-order valence-electron chi connectivity index (χ2n) is 6.27. The van der Waals surface area contributed by atoms with Gasteiger partial charge in [0.25, 0.3) is 11.7 Å². The Labute approximate surface area is 137 Å². The van der Waals surface area contributed by atoms with Gasteiger partial charge in [-0.15, -0.1) is 0 Å². The first-order chi connectivity index (χ1) is 11.8. The zero-order chi connectivity index (χ0) is 15.9. The number of benzene rings is 2. The van der Waals surface area contributed by atoms with Crippen LogP contribution in [0.15, 0.2) is 30.3 Å². The van der Waals surface area contributed by atoms with Gasteiger partial charge in [0.2, 0.25) is 6.79 Å². The molecule has 6 heteroatoms. The molecule has 0 aromatic heterocycles. The van der Waals surface area contributed by atoms with E-state index in [9.17, 15) is 4.79 Å². The van der Waals surface area contributed by atoms with E-state index in [2.05, 4.69) is 0 Å². The molecule has 0 aliphatic carbocycles. The Hall–Kier alpha value is -2.57. The summed E-state index contributed by atoms with van der Waals surface area (Å²) in [7, 11) is 0. The number of carbonyl (C=O) groups excluding carboxylic acids is 1. The molecule has 0 atom stereocenters. The molecule has 1 amide bonds. The summed E-state index contributed by atoms with van der Waals surface area (Å²) < 4.78 is 22.5. The highest BCUT2D eigenvalue weighted by atomic mass is 16.7. The maximum Gasteiger partial charge on any atom is 0.292 e. The third-order valence-corrected chi connectivity index (χ3v) is 5.10. The van der Waals surface area contributed by atoms with Gasteiger partial charge in [-0.1, -0.05) is 18.2 Å². The van der Waals surface area contributed by atoms with Gasteiger partial charge < -0.3 is 23.8 Å². The predicted octanol–water partition coefficient (Wildman–Crippen LogP) is 2.14. The number of nitrogens with zero attached hydrogens (tertiary/aromatic N) is 1. The molecule has 0 radical (unpaired) electrons. The predicted molar refractivity (Wildman–Crippen MR) is 82.8 cm³/mol. The Morgan fingerprint density at radius 3 is 2.62 bits per heavy atom. The highest BCUT2D eigenvalue weighted by molar-refractivity contribution is 6.11. The molecule has 1 fully saturated rings. The van der Waals surface area contributed by atoms with Crippen molar-refractivity contribution >= 4 is 11.6 Å². The lowest BCUT2D eigenvalue weighted by atomic mass is 9.92. The zero-order valence-corrected chi connectivity index (χ0v) is 12.7. The van der Waals surface area contributed by atoms with Crippen LogP contribution in [-0.2, 0) is 26.6 Å². The Balaban J connectivity index is 1.63. The van der Waals surface area contributed by atoms with Gasteiger partial charge in [0.05, 0.1) is 25.4 Å². The molecule has 4 heterocycles. The molecule has 2 aromatic carbocycles. The molecule has 4 aliphatic rings. The van der Waals surface area contributed by atoms with E-state index in [1.165, 1.54) is 0 Å². The molecule has 4 aliphatic heterocycles. The number of ether oxygens (including phenoxy) is 4. The molecule has 0 N–H and O–H groups in total. The van der Waals surface area contributed by atoms with Gasteiger partial charge >= 0.3 is 0 Å². The fourth-order valence-corrected chi connectivity index (χ4v) is 4.09. The van der Waals surface area contributed by atoms with Crippen LogP contribution < -0.4 is 14.4 Å². The first-order valence-electron chi connectivity index (χ1n) is 7.94. The summed E-state index contributed by atoms with van der Waals surface area (Å²) >= 11 is 0. The van der Waals surface area contributed by atoms with Crippen molar-refractivity contribution in [1.29, 1.82) is 0 Å².